The third-order valence-electron chi connectivity index (χ3n) is 2.63. The van der Waals surface area contributed by atoms with Crippen LogP contribution in [0.5, 0.6) is 0 Å². The molecule has 1 atom stereocenters. The lowest BCUT2D eigenvalue weighted by atomic mass is 9.97. The lowest BCUT2D eigenvalue weighted by molar-refractivity contribution is 0.607. The molecule has 0 bridgehead atoms. The van der Waals surface area contributed by atoms with E-state index in [1.54, 1.807) is 0 Å². The summed E-state index contributed by atoms with van der Waals surface area (Å²) < 4.78 is 1.20. The van der Waals surface area contributed by atoms with E-state index in [9.17, 15) is 0 Å². The number of benzene rings is 1. The first-order valence-corrected chi connectivity index (χ1v) is 6.78. The first-order valence-electron chi connectivity index (χ1n) is 5.58. The van der Waals surface area contributed by atoms with Gasteiger partial charge in [0.2, 0.25) is 0 Å². The van der Waals surface area contributed by atoms with E-state index < -0.39 is 0 Å². The maximum absolute atomic E-state index is 5.54. The van der Waals surface area contributed by atoms with E-state index in [0.29, 0.717) is 10.9 Å². The van der Waals surface area contributed by atoms with Gasteiger partial charge in [-0.1, -0.05) is 54.1 Å². The molecule has 0 radical (unpaired) electrons. The van der Waals surface area contributed by atoms with Crippen molar-refractivity contribution >= 4 is 33.1 Å². The van der Waals surface area contributed by atoms with Crippen molar-refractivity contribution in [1.82, 2.24) is 0 Å². The Bertz CT molecular complexity index is 376. The summed E-state index contributed by atoms with van der Waals surface area (Å²) in [6.07, 6.45) is 2.91. The first kappa shape index (κ1) is 13.7. The van der Waals surface area contributed by atoms with Gasteiger partial charge in [0.1, 0.15) is 0 Å². The predicted octanol–water partition coefficient (Wildman–Crippen LogP) is 3.87. The van der Waals surface area contributed by atoms with Gasteiger partial charge in [-0.15, -0.1) is 0 Å². The van der Waals surface area contributed by atoms with Gasteiger partial charge in [0.15, 0.2) is 0 Å². The van der Waals surface area contributed by atoms with Crippen LogP contribution >= 0.6 is 28.1 Å². The number of hydrogen-bond donors (Lipinski definition) is 1. The molecule has 16 heavy (non-hydrogen) atoms. The number of rotatable bonds is 5. The van der Waals surface area contributed by atoms with Crippen molar-refractivity contribution < 1.29 is 0 Å². The van der Waals surface area contributed by atoms with Gasteiger partial charge < -0.3 is 5.73 Å². The molecule has 0 saturated heterocycles. The fraction of sp³-hybridized carbons (Fsp3) is 0.462. The molecule has 88 valence electrons. The second kappa shape index (κ2) is 6.36. The fourth-order valence-corrected chi connectivity index (χ4v) is 2.81. The highest BCUT2D eigenvalue weighted by atomic mass is 79.9. The van der Waals surface area contributed by atoms with Gasteiger partial charge in [0, 0.05) is 10.9 Å². The van der Waals surface area contributed by atoms with Gasteiger partial charge in [-0.3, -0.25) is 0 Å². The SMILES string of the molecule is CCc1ccc(CC(C)CC(N)=S)cc1Br. The quantitative estimate of drug-likeness (QED) is 0.836. The zero-order valence-electron chi connectivity index (χ0n) is 9.79. The number of thiocarbonyl (C=S) groups is 1. The maximum Gasteiger partial charge on any atom is 0.0730 e. The summed E-state index contributed by atoms with van der Waals surface area (Å²) in [7, 11) is 0. The molecule has 0 spiro atoms. The van der Waals surface area contributed by atoms with E-state index in [2.05, 4.69) is 48.0 Å². The van der Waals surface area contributed by atoms with Crippen molar-refractivity contribution in [3.05, 3.63) is 33.8 Å². The smallest absolute Gasteiger partial charge is 0.0730 e. The molecule has 0 heterocycles. The summed E-state index contributed by atoms with van der Waals surface area (Å²) in [6, 6.07) is 6.58. The average molecular weight is 300 g/mol. The molecule has 1 unspecified atom stereocenters. The minimum absolute atomic E-state index is 0.511. The molecule has 2 N–H and O–H groups in total. The van der Waals surface area contributed by atoms with Gasteiger partial charge in [-0.05, 0) is 36.0 Å². The molecule has 0 amide bonds. The number of aryl methyl sites for hydroxylation is 1. The third-order valence-corrected chi connectivity index (χ3v) is 3.54. The summed E-state index contributed by atoms with van der Waals surface area (Å²) in [5.41, 5.74) is 8.24. The average Bonchev–Trinajstić information content (AvgIpc) is 2.16. The van der Waals surface area contributed by atoms with Crippen molar-refractivity contribution in [2.24, 2.45) is 11.7 Å². The fourth-order valence-electron chi connectivity index (χ4n) is 1.82. The van der Waals surface area contributed by atoms with Crippen LogP contribution in [0, 0.1) is 5.92 Å². The Labute approximate surface area is 112 Å². The maximum atomic E-state index is 5.54. The third kappa shape index (κ3) is 4.22. The summed E-state index contributed by atoms with van der Waals surface area (Å²) in [4.78, 5) is 0.608. The summed E-state index contributed by atoms with van der Waals surface area (Å²) in [5, 5.41) is 0. The predicted molar refractivity (Wildman–Crippen MR) is 77.8 cm³/mol. The van der Waals surface area contributed by atoms with E-state index in [0.717, 1.165) is 19.3 Å². The lowest BCUT2D eigenvalue weighted by Crippen LogP contribution is -2.13. The molecular formula is C13H18BrNS. The van der Waals surface area contributed by atoms with Crippen LogP contribution in [-0.4, -0.2) is 4.99 Å². The highest BCUT2D eigenvalue weighted by molar-refractivity contribution is 9.10. The topological polar surface area (TPSA) is 26.0 Å². The van der Waals surface area contributed by atoms with Crippen LogP contribution < -0.4 is 5.73 Å². The Kier molecular flexibility index (Phi) is 5.42. The van der Waals surface area contributed by atoms with Crippen LogP contribution in [0.1, 0.15) is 31.4 Å². The Balaban J connectivity index is 2.67. The Morgan fingerprint density at radius 2 is 2.19 bits per heavy atom. The van der Waals surface area contributed by atoms with E-state index in [1.165, 1.54) is 15.6 Å². The second-order valence-corrected chi connectivity index (χ2v) is 5.64. The molecule has 1 aromatic rings. The van der Waals surface area contributed by atoms with Gasteiger partial charge in [0.05, 0.1) is 4.99 Å². The zero-order chi connectivity index (χ0) is 12.1. The molecule has 1 rings (SSSR count). The van der Waals surface area contributed by atoms with Crippen LogP contribution in [0.15, 0.2) is 22.7 Å². The molecular weight excluding hydrogens is 282 g/mol. The summed E-state index contributed by atoms with van der Waals surface area (Å²) in [5.74, 6) is 0.511. The van der Waals surface area contributed by atoms with Crippen molar-refractivity contribution in [1.29, 1.82) is 0 Å². The molecule has 0 fully saturated rings. The molecule has 1 nitrogen and oxygen atoms in total. The van der Waals surface area contributed by atoms with Gasteiger partial charge in [-0.25, -0.2) is 0 Å². The van der Waals surface area contributed by atoms with Crippen molar-refractivity contribution in [2.75, 3.05) is 0 Å². The van der Waals surface area contributed by atoms with Crippen molar-refractivity contribution in [3.63, 3.8) is 0 Å². The van der Waals surface area contributed by atoms with Crippen LogP contribution in [0.25, 0.3) is 0 Å². The standard InChI is InChI=1S/C13H18BrNS/c1-3-11-5-4-10(8-12(11)14)6-9(2)7-13(15)16/h4-5,8-9H,3,6-7H2,1-2H3,(H2,15,16). The Morgan fingerprint density at radius 3 is 2.69 bits per heavy atom. The largest absolute Gasteiger partial charge is 0.393 e. The van der Waals surface area contributed by atoms with Crippen LogP contribution in [0.3, 0.4) is 0 Å². The highest BCUT2D eigenvalue weighted by Gasteiger charge is 2.06. The Morgan fingerprint density at radius 1 is 1.50 bits per heavy atom. The van der Waals surface area contributed by atoms with Crippen LogP contribution in [0.2, 0.25) is 0 Å². The normalized spacial score (nSPS) is 12.4. The van der Waals surface area contributed by atoms with E-state index in [1.807, 2.05) is 0 Å². The number of nitrogens with two attached hydrogens (primary N) is 1. The highest BCUT2D eigenvalue weighted by Crippen LogP contribution is 2.21. The van der Waals surface area contributed by atoms with Crippen LogP contribution in [-0.2, 0) is 12.8 Å². The second-order valence-electron chi connectivity index (χ2n) is 4.26. The zero-order valence-corrected chi connectivity index (χ0v) is 12.2. The minimum atomic E-state index is 0.511. The molecule has 0 aliphatic rings. The minimum Gasteiger partial charge on any atom is -0.393 e. The van der Waals surface area contributed by atoms with Gasteiger partial charge in [-0.2, -0.15) is 0 Å². The summed E-state index contributed by atoms with van der Waals surface area (Å²) in [6.45, 7) is 4.34. The van der Waals surface area contributed by atoms with Crippen molar-refractivity contribution in [3.8, 4) is 0 Å². The molecule has 0 saturated carbocycles. The monoisotopic (exact) mass is 299 g/mol. The van der Waals surface area contributed by atoms with Crippen molar-refractivity contribution in [2.45, 2.75) is 33.1 Å². The van der Waals surface area contributed by atoms with Gasteiger partial charge in [0.25, 0.3) is 0 Å². The lowest BCUT2D eigenvalue weighted by Gasteiger charge is -2.11. The van der Waals surface area contributed by atoms with Crippen LogP contribution in [0.4, 0.5) is 0 Å². The molecule has 1 aromatic carbocycles. The number of halogens is 1. The van der Waals surface area contributed by atoms with E-state index >= 15 is 0 Å². The van der Waals surface area contributed by atoms with E-state index in [-0.39, 0.29) is 0 Å². The molecule has 3 heteroatoms. The molecule has 0 aliphatic heterocycles. The first-order chi connectivity index (χ1) is 7.52. The summed E-state index contributed by atoms with van der Waals surface area (Å²) >= 11 is 8.52. The van der Waals surface area contributed by atoms with E-state index in [4.69, 9.17) is 18.0 Å². The van der Waals surface area contributed by atoms with Gasteiger partial charge >= 0.3 is 0 Å². The molecule has 0 aromatic heterocycles. The number of hydrogen-bond acceptors (Lipinski definition) is 1. The Hall–Kier alpha value is -0.410. The molecule has 0 aliphatic carbocycles.